The molecule has 0 amide bonds. The van der Waals surface area contributed by atoms with Crippen LogP contribution in [0, 0.1) is 3.95 Å². The van der Waals surface area contributed by atoms with Crippen LogP contribution in [0.3, 0.4) is 0 Å². The number of halogens is 1. The maximum absolute atomic E-state index is 10.5. The smallest absolute Gasteiger partial charge is 0.212 e. The van der Waals surface area contributed by atoms with Crippen molar-refractivity contribution in [3.8, 4) is 5.88 Å². The Balaban J connectivity index is 1.85. The van der Waals surface area contributed by atoms with Crippen molar-refractivity contribution >= 4 is 47.1 Å². The normalized spacial score (nSPS) is 11.3. The van der Waals surface area contributed by atoms with Crippen LogP contribution in [0.25, 0.3) is 0 Å². The van der Waals surface area contributed by atoms with E-state index >= 15 is 0 Å². The molecule has 0 saturated carbocycles. The molecule has 25 heavy (non-hydrogen) atoms. The SMILES string of the molecule is CCc1ccc(N=Cc2sc(=S)n(Cc3ccccc3Cl)c2O)cc1. The van der Waals surface area contributed by atoms with Gasteiger partial charge in [-0.3, -0.25) is 9.56 Å². The van der Waals surface area contributed by atoms with Gasteiger partial charge in [0.05, 0.1) is 18.4 Å². The number of nitrogens with zero attached hydrogens (tertiary/aromatic N) is 2. The Morgan fingerprint density at radius 1 is 1.20 bits per heavy atom. The Kier molecular flexibility index (Phi) is 5.68. The van der Waals surface area contributed by atoms with E-state index in [4.69, 9.17) is 23.8 Å². The molecule has 0 saturated heterocycles. The molecule has 0 fully saturated rings. The van der Waals surface area contributed by atoms with Gasteiger partial charge in [-0.1, -0.05) is 60.2 Å². The maximum atomic E-state index is 10.5. The van der Waals surface area contributed by atoms with Gasteiger partial charge in [-0.2, -0.15) is 0 Å². The Morgan fingerprint density at radius 2 is 1.92 bits per heavy atom. The molecule has 1 heterocycles. The third-order valence-corrected chi connectivity index (χ3v) is 5.60. The lowest BCUT2D eigenvalue weighted by atomic mass is 10.1. The molecule has 0 aliphatic rings. The van der Waals surface area contributed by atoms with Gasteiger partial charge < -0.3 is 5.11 Å². The van der Waals surface area contributed by atoms with E-state index in [0.717, 1.165) is 17.7 Å². The number of aromatic nitrogens is 1. The molecule has 3 aromatic rings. The number of thiazole rings is 1. The zero-order valence-corrected chi connectivity index (χ0v) is 16.0. The van der Waals surface area contributed by atoms with Crippen LogP contribution in [0.15, 0.2) is 53.5 Å². The monoisotopic (exact) mass is 388 g/mol. The molecule has 1 aromatic heterocycles. The summed E-state index contributed by atoms with van der Waals surface area (Å²) in [5.41, 5.74) is 3.02. The van der Waals surface area contributed by atoms with Gasteiger partial charge in [0.15, 0.2) is 3.95 Å². The van der Waals surface area contributed by atoms with E-state index in [1.807, 2.05) is 36.4 Å². The molecule has 0 radical (unpaired) electrons. The molecule has 0 bridgehead atoms. The first-order valence-electron chi connectivity index (χ1n) is 7.87. The molecule has 0 spiro atoms. The summed E-state index contributed by atoms with van der Waals surface area (Å²) in [4.78, 5) is 5.07. The summed E-state index contributed by atoms with van der Waals surface area (Å²) in [7, 11) is 0. The molecule has 3 rings (SSSR count). The van der Waals surface area contributed by atoms with Crippen LogP contribution < -0.4 is 0 Å². The fraction of sp³-hybridized carbons (Fsp3) is 0.158. The lowest BCUT2D eigenvalue weighted by molar-refractivity contribution is 0.423. The minimum Gasteiger partial charge on any atom is -0.493 e. The minimum atomic E-state index is 0.115. The highest BCUT2D eigenvalue weighted by atomic mass is 35.5. The predicted molar refractivity (Wildman–Crippen MR) is 108 cm³/mol. The number of hydrogen-bond donors (Lipinski definition) is 1. The number of rotatable bonds is 5. The van der Waals surface area contributed by atoms with Crippen molar-refractivity contribution in [2.75, 3.05) is 0 Å². The minimum absolute atomic E-state index is 0.115. The molecule has 0 aliphatic heterocycles. The Labute approximate surface area is 160 Å². The van der Waals surface area contributed by atoms with Crippen molar-refractivity contribution in [3.05, 3.63) is 73.5 Å². The Morgan fingerprint density at radius 3 is 2.60 bits per heavy atom. The Hall–Kier alpha value is -1.95. The van der Waals surface area contributed by atoms with Crippen LogP contribution in [-0.4, -0.2) is 15.9 Å². The number of hydrogen-bond acceptors (Lipinski definition) is 4. The highest BCUT2D eigenvalue weighted by Gasteiger charge is 2.12. The van der Waals surface area contributed by atoms with E-state index in [0.29, 0.717) is 20.4 Å². The van der Waals surface area contributed by atoms with E-state index in [2.05, 4.69) is 24.0 Å². The zero-order chi connectivity index (χ0) is 17.8. The average Bonchev–Trinajstić information content (AvgIpc) is 2.89. The second-order valence-corrected chi connectivity index (χ2v) is 7.59. The van der Waals surface area contributed by atoms with Gasteiger partial charge in [0, 0.05) is 5.02 Å². The highest BCUT2D eigenvalue weighted by molar-refractivity contribution is 7.73. The fourth-order valence-corrected chi connectivity index (χ4v) is 3.76. The largest absolute Gasteiger partial charge is 0.493 e. The van der Waals surface area contributed by atoms with E-state index in [1.165, 1.54) is 16.9 Å². The van der Waals surface area contributed by atoms with E-state index < -0.39 is 0 Å². The van der Waals surface area contributed by atoms with Gasteiger partial charge >= 0.3 is 0 Å². The summed E-state index contributed by atoms with van der Waals surface area (Å²) in [6, 6.07) is 15.6. The molecule has 128 valence electrons. The van der Waals surface area contributed by atoms with Crippen LogP contribution in [0.1, 0.15) is 22.9 Å². The molecular formula is C19H17ClN2OS2. The van der Waals surface area contributed by atoms with Crippen molar-refractivity contribution in [1.29, 1.82) is 0 Å². The summed E-state index contributed by atoms with van der Waals surface area (Å²) in [6.07, 6.45) is 2.65. The van der Waals surface area contributed by atoms with Crippen LogP contribution in [-0.2, 0) is 13.0 Å². The molecule has 0 unspecified atom stereocenters. The third-order valence-electron chi connectivity index (χ3n) is 3.86. The van der Waals surface area contributed by atoms with Crippen molar-refractivity contribution in [3.63, 3.8) is 0 Å². The van der Waals surface area contributed by atoms with Gasteiger partial charge in [-0.05, 0) is 48.0 Å². The van der Waals surface area contributed by atoms with E-state index in [9.17, 15) is 5.11 Å². The average molecular weight is 389 g/mol. The molecule has 0 aliphatic carbocycles. The van der Waals surface area contributed by atoms with Gasteiger partial charge in [-0.15, -0.1) is 0 Å². The molecular weight excluding hydrogens is 372 g/mol. The second-order valence-electron chi connectivity index (χ2n) is 5.51. The number of benzene rings is 2. The van der Waals surface area contributed by atoms with Gasteiger partial charge in [0.25, 0.3) is 0 Å². The lowest BCUT2D eigenvalue weighted by Crippen LogP contribution is -1.99. The van der Waals surface area contributed by atoms with Crippen LogP contribution in [0.4, 0.5) is 5.69 Å². The molecule has 6 heteroatoms. The first kappa shape index (κ1) is 17.9. The first-order valence-corrected chi connectivity index (χ1v) is 9.47. The van der Waals surface area contributed by atoms with Crippen molar-refractivity contribution < 1.29 is 5.11 Å². The number of aromatic hydroxyl groups is 1. The van der Waals surface area contributed by atoms with Crippen LogP contribution in [0.2, 0.25) is 5.02 Å². The standard InChI is InChI=1S/C19H17ClN2OS2/c1-2-13-7-9-15(10-8-13)21-11-17-18(23)22(19(24)25-17)12-14-5-3-4-6-16(14)20/h3-11,23H,2,12H2,1H3. The summed E-state index contributed by atoms with van der Waals surface area (Å²) >= 11 is 12.9. The molecule has 3 nitrogen and oxygen atoms in total. The van der Waals surface area contributed by atoms with Crippen molar-refractivity contribution in [1.82, 2.24) is 4.57 Å². The lowest BCUT2D eigenvalue weighted by Gasteiger charge is -2.06. The summed E-state index contributed by atoms with van der Waals surface area (Å²) in [5.74, 6) is 0.115. The summed E-state index contributed by atoms with van der Waals surface area (Å²) in [5, 5.41) is 11.1. The quantitative estimate of drug-likeness (QED) is 0.430. The molecule has 2 aromatic carbocycles. The second kappa shape index (κ2) is 7.95. The van der Waals surface area contributed by atoms with E-state index in [-0.39, 0.29) is 5.88 Å². The van der Waals surface area contributed by atoms with E-state index in [1.54, 1.807) is 10.8 Å². The van der Waals surface area contributed by atoms with Crippen molar-refractivity contribution in [2.24, 2.45) is 4.99 Å². The fourth-order valence-electron chi connectivity index (χ4n) is 2.39. The van der Waals surface area contributed by atoms with Gasteiger partial charge in [-0.25, -0.2) is 0 Å². The van der Waals surface area contributed by atoms with Crippen molar-refractivity contribution in [2.45, 2.75) is 19.9 Å². The molecule has 0 atom stereocenters. The summed E-state index contributed by atoms with van der Waals surface area (Å²) < 4.78 is 2.25. The summed E-state index contributed by atoms with van der Waals surface area (Å²) in [6.45, 7) is 2.55. The zero-order valence-electron chi connectivity index (χ0n) is 13.6. The van der Waals surface area contributed by atoms with Gasteiger partial charge in [0.2, 0.25) is 5.88 Å². The topological polar surface area (TPSA) is 37.5 Å². The molecule has 1 N–H and O–H groups in total. The highest BCUT2D eigenvalue weighted by Crippen LogP contribution is 2.27. The van der Waals surface area contributed by atoms with Crippen LogP contribution in [0.5, 0.6) is 5.88 Å². The van der Waals surface area contributed by atoms with Crippen LogP contribution >= 0.6 is 35.2 Å². The number of aliphatic imine (C=N–C) groups is 1. The Bertz CT molecular complexity index is 958. The predicted octanol–water partition coefficient (Wildman–Crippen LogP) is 6.00. The number of aryl methyl sites for hydroxylation is 1. The first-order chi connectivity index (χ1) is 12.1. The third kappa shape index (κ3) is 4.18. The van der Waals surface area contributed by atoms with Gasteiger partial charge in [0.1, 0.15) is 4.88 Å². The maximum Gasteiger partial charge on any atom is 0.212 e.